The molecule has 0 amide bonds. The Kier molecular flexibility index (Phi) is 2.72. The van der Waals surface area contributed by atoms with Crippen molar-refractivity contribution in [2.24, 2.45) is 0 Å². The van der Waals surface area contributed by atoms with Crippen molar-refractivity contribution in [3.63, 3.8) is 0 Å². The highest BCUT2D eigenvalue weighted by molar-refractivity contribution is 6.30. The average molecular weight is 263 g/mol. The average Bonchev–Trinajstić information content (AvgIpc) is 2.73. The van der Waals surface area contributed by atoms with Crippen molar-refractivity contribution in [3.05, 3.63) is 58.8 Å². The van der Waals surface area contributed by atoms with E-state index in [0.717, 1.165) is 5.56 Å². The molecule has 5 heteroatoms. The van der Waals surface area contributed by atoms with Crippen LogP contribution in [0.4, 0.5) is 4.39 Å². The van der Waals surface area contributed by atoms with E-state index in [-0.39, 0.29) is 5.82 Å². The number of hydrogen-bond donors (Lipinski definition) is 0. The van der Waals surface area contributed by atoms with E-state index in [0.29, 0.717) is 28.6 Å². The Morgan fingerprint density at radius 1 is 1.22 bits per heavy atom. The van der Waals surface area contributed by atoms with E-state index in [2.05, 4.69) is 9.97 Å². The number of aromatic nitrogens is 2. The van der Waals surface area contributed by atoms with Crippen LogP contribution >= 0.6 is 11.6 Å². The highest BCUT2D eigenvalue weighted by Gasteiger charge is 2.08. The van der Waals surface area contributed by atoms with Crippen LogP contribution in [0.25, 0.3) is 11.2 Å². The summed E-state index contributed by atoms with van der Waals surface area (Å²) in [6.45, 7) is 0. The fourth-order valence-corrected chi connectivity index (χ4v) is 1.85. The van der Waals surface area contributed by atoms with Gasteiger partial charge in [0.15, 0.2) is 0 Å². The number of benzene rings is 1. The minimum absolute atomic E-state index is 0.259. The molecule has 18 heavy (non-hydrogen) atoms. The van der Waals surface area contributed by atoms with Gasteiger partial charge in [0.1, 0.15) is 11.3 Å². The molecule has 0 bridgehead atoms. The van der Waals surface area contributed by atoms with Crippen LogP contribution in [0.3, 0.4) is 0 Å². The molecule has 0 radical (unpaired) electrons. The summed E-state index contributed by atoms with van der Waals surface area (Å²) in [5, 5.41) is 0.518. The van der Waals surface area contributed by atoms with E-state index in [1.54, 1.807) is 18.2 Å². The molecule has 0 atom stereocenters. The summed E-state index contributed by atoms with van der Waals surface area (Å²) in [6.07, 6.45) is 2.00. The molecule has 0 N–H and O–H groups in total. The van der Waals surface area contributed by atoms with Gasteiger partial charge in [-0.1, -0.05) is 23.7 Å². The number of hydrogen-bond acceptors (Lipinski definition) is 3. The fourth-order valence-electron chi connectivity index (χ4n) is 1.70. The number of nitrogens with zero attached hydrogens (tertiary/aromatic N) is 2. The number of rotatable bonds is 2. The quantitative estimate of drug-likeness (QED) is 0.708. The van der Waals surface area contributed by atoms with Gasteiger partial charge in [0.2, 0.25) is 11.6 Å². The lowest BCUT2D eigenvalue weighted by atomic mass is 10.1. The predicted octanol–water partition coefficient (Wildman–Crippen LogP) is 3.61. The molecule has 0 unspecified atom stereocenters. The zero-order valence-electron chi connectivity index (χ0n) is 9.23. The third kappa shape index (κ3) is 2.19. The van der Waals surface area contributed by atoms with Gasteiger partial charge < -0.3 is 4.42 Å². The minimum Gasteiger partial charge on any atom is -0.422 e. The predicted molar refractivity (Wildman–Crippen MR) is 66.0 cm³/mol. The summed E-state index contributed by atoms with van der Waals surface area (Å²) in [5.74, 6) is 0.274. The van der Waals surface area contributed by atoms with Gasteiger partial charge in [-0.2, -0.15) is 0 Å². The third-order valence-electron chi connectivity index (χ3n) is 2.53. The van der Waals surface area contributed by atoms with Gasteiger partial charge in [-0.15, -0.1) is 0 Å². The first-order valence-electron chi connectivity index (χ1n) is 5.36. The first kappa shape index (κ1) is 11.2. The van der Waals surface area contributed by atoms with E-state index < -0.39 is 0 Å². The normalized spacial score (nSPS) is 11.0. The summed E-state index contributed by atoms with van der Waals surface area (Å²) in [7, 11) is 0. The van der Waals surface area contributed by atoms with Crippen molar-refractivity contribution in [2.75, 3.05) is 0 Å². The molecule has 2 heterocycles. The summed E-state index contributed by atoms with van der Waals surface area (Å²) in [4.78, 5) is 8.32. The van der Waals surface area contributed by atoms with Crippen LogP contribution in [0.15, 0.2) is 40.9 Å². The lowest BCUT2D eigenvalue weighted by Gasteiger charge is -1.96. The van der Waals surface area contributed by atoms with Gasteiger partial charge in [0.05, 0.1) is 5.02 Å². The largest absolute Gasteiger partial charge is 0.422 e. The SMILES string of the molecule is Fc1ccc(Cc2nc3cc(Cl)cnc3o2)cc1. The Balaban J connectivity index is 1.92. The number of oxazole rings is 1. The Labute approximate surface area is 107 Å². The second-order valence-corrected chi connectivity index (χ2v) is 4.33. The zero-order valence-corrected chi connectivity index (χ0v) is 9.99. The van der Waals surface area contributed by atoms with Gasteiger partial charge in [-0.25, -0.2) is 14.4 Å². The van der Waals surface area contributed by atoms with E-state index in [1.165, 1.54) is 18.3 Å². The summed E-state index contributed by atoms with van der Waals surface area (Å²) >= 11 is 5.82. The van der Waals surface area contributed by atoms with E-state index >= 15 is 0 Å². The summed E-state index contributed by atoms with van der Waals surface area (Å²) in [5.41, 5.74) is 2.00. The maximum Gasteiger partial charge on any atom is 0.247 e. The van der Waals surface area contributed by atoms with Crippen molar-refractivity contribution in [1.82, 2.24) is 9.97 Å². The summed E-state index contributed by atoms with van der Waals surface area (Å²) < 4.78 is 18.3. The monoisotopic (exact) mass is 262 g/mol. The maximum absolute atomic E-state index is 12.8. The molecule has 2 aromatic heterocycles. The topological polar surface area (TPSA) is 38.9 Å². The standard InChI is InChI=1S/C13H8ClFN2O/c14-9-6-11-13(16-7-9)18-12(17-11)5-8-1-3-10(15)4-2-8/h1-4,6-7H,5H2. The van der Waals surface area contributed by atoms with Crippen LogP contribution in [0.1, 0.15) is 11.5 Å². The van der Waals surface area contributed by atoms with Gasteiger partial charge in [0.25, 0.3) is 0 Å². The maximum atomic E-state index is 12.8. The van der Waals surface area contributed by atoms with Gasteiger partial charge in [0, 0.05) is 12.6 Å². The van der Waals surface area contributed by atoms with E-state index in [4.69, 9.17) is 16.0 Å². The second kappa shape index (κ2) is 4.38. The zero-order chi connectivity index (χ0) is 12.5. The lowest BCUT2D eigenvalue weighted by Crippen LogP contribution is -1.87. The van der Waals surface area contributed by atoms with Crippen molar-refractivity contribution < 1.29 is 8.81 Å². The van der Waals surface area contributed by atoms with Gasteiger partial charge >= 0.3 is 0 Å². The van der Waals surface area contributed by atoms with E-state index in [1.807, 2.05) is 0 Å². The van der Waals surface area contributed by atoms with Crippen LogP contribution in [0, 0.1) is 5.82 Å². The Morgan fingerprint density at radius 2 is 2.00 bits per heavy atom. The van der Waals surface area contributed by atoms with Crippen molar-refractivity contribution in [1.29, 1.82) is 0 Å². The van der Waals surface area contributed by atoms with Crippen molar-refractivity contribution in [2.45, 2.75) is 6.42 Å². The van der Waals surface area contributed by atoms with Crippen LogP contribution in [0.2, 0.25) is 5.02 Å². The molecule has 0 saturated carbocycles. The first-order chi connectivity index (χ1) is 8.70. The molecule has 3 aromatic rings. The Bertz CT molecular complexity index is 694. The Morgan fingerprint density at radius 3 is 2.78 bits per heavy atom. The molecule has 0 spiro atoms. The Hall–Kier alpha value is -1.94. The summed E-state index contributed by atoms with van der Waals surface area (Å²) in [6, 6.07) is 7.91. The third-order valence-corrected chi connectivity index (χ3v) is 2.73. The van der Waals surface area contributed by atoms with Gasteiger partial charge in [-0.05, 0) is 23.8 Å². The van der Waals surface area contributed by atoms with Crippen LogP contribution in [-0.4, -0.2) is 9.97 Å². The number of pyridine rings is 1. The van der Waals surface area contributed by atoms with Crippen molar-refractivity contribution >= 4 is 22.8 Å². The molecule has 0 aliphatic rings. The smallest absolute Gasteiger partial charge is 0.247 e. The van der Waals surface area contributed by atoms with Gasteiger partial charge in [-0.3, -0.25) is 0 Å². The molecule has 90 valence electrons. The van der Waals surface area contributed by atoms with Crippen molar-refractivity contribution in [3.8, 4) is 0 Å². The molecule has 0 saturated heterocycles. The minimum atomic E-state index is -0.259. The number of fused-ring (bicyclic) bond motifs is 1. The van der Waals surface area contributed by atoms with E-state index in [9.17, 15) is 4.39 Å². The highest BCUT2D eigenvalue weighted by Crippen LogP contribution is 2.19. The molecule has 3 nitrogen and oxygen atoms in total. The molecule has 0 aliphatic heterocycles. The second-order valence-electron chi connectivity index (χ2n) is 3.89. The molecule has 3 rings (SSSR count). The molecular formula is C13H8ClFN2O. The molecule has 0 aliphatic carbocycles. The van der Waals surface area contributed by atoms with Crippen LogP contribution in [-0.2, 0) is 6.42 Å². The molecule has 1 aromatic carbocycles. The fraction of sp³-hybridized carbons (Fsp3) is 0.0769. The van der Waals surface area contributed by atoms with Crippen LogP contribution < -0.4 is 0 Å². The lowest BCUT2D eigenvalue weighted by molar-refractivity contribution is 0.535. The molecular weight excluding hydrogens is 255 g/mol. The van der Waals surface area contributed by atoms with Crippen LogP contribution in [0.5, 0.6) is 0 Å². The first-order valence-corrected chi connectivity index (χ1v) is 5.74. The highest BCUT2D eigenvalue weighted by atomic mass is 35.5. The molecule has 0 fully saturated rings. The number of halogens is 2.